The highest BCUT2D eigenvalue weighted by molar-refractivity contribution is 7.09. The molecule has 19 heavy (non-hydrogen) atoms. The predicted molar refractivity (Wildman–Crippen MR) is 73.4 cm³/mol. The summed E-state index contributed by atoms with van der Waals surface area (Å²) in [7, 11) is 0. The molecule has 1 aromatic rings. The van der Waals surface area contributed by atoms with Crippen LogP contribution in [0.1, 0.15) is 48.6 Å². The van der Waals surface area contributed by atoms with Gasteiger partial charge >= 0.3 is 12.0 Å². The van der Waals surface area contributed by atoms with Crippen molar-refractivity contribution in [3.63, 3.8) is 0 Å². The minimum atomic E-state index is -1.06. The van der Waals surface area contributed by atoms with Gasteiger partial charge in [-0.05, 0) is 13.3 Å². The number of urea groups is 1. The third-order valence-electron chi connectivity index (χ3n) is 2.54. The van der Waals surface area contributed by atoms with Gasteiger partial charge in [0.15, 0.2) is 5.69 Å². The van der Waals surface area contributed by atoms with Crippen molar-refractivity contribution in [1.29, 1.82) is 0 Å². The van der Waals surface area contributed by atoms with Gasteiger partial charge in [0.25, 0.3) is 0 Å². The van der Waals surface area contributed by atoms with E-state index in [1.54, 1.807) is 0 Å². The Kier molecular flexibility index (Phi) is 6.27. The largest absolute Gasteiger partial charge is 0.476 e. The number of unbranched alkanes of at least 4 members (excludes halogenated alkanes) is 1. The van der Waals surface area contributed by atoms with E-state index in [1.165, 1.54) is 16.7 Å². The number of nitrogens with one attached hydrogen (secondary N) is 2. The summed E-state index contributed by atoms with van der Waals surface area (Å²) >= 11 is 1.22. The number of amides is 2. The molecule has 106 valence electrons. The van der Waals surface area contributed by atoms with Crippen LogP contribution in [0, 0.1) is 0 Å². The van der Waals surface area contributed by atoms with Crippen molar-refractivity contribution >= 4 is 23.3 Å². The molecule has 0 radical (unpaired) electrons. The van der Waals surface area contributed by atoms with E-state index in [1.807, 2.05) is 6.92 Å². The monoisotopic (exact) mass is 285 g/mol. The number of nitrogens with zero attached hydrogens (tertiary/aromatic N) is 1. The molecule has 2 amide bonds. The smallest absolute Gasteiger partial charge is 0.355 e. The van der Waals surface area contributed by atoms with Gasteiger partial charge in [-0.2, -0.15) is 0 Å². The second-order valence-corrected chi connectivity index (χ2v) is 5.24. The molecule has 0 spiro atoms. The van der Waals surface area contributed by atoms with Gasteiger partial charge in [-0.3, -0.25) is 0 Å². The van der Waals surface area contributed by atoms with Crippen molar-refractivity contribution in [1.82, 2.24) is 15.6 Å². The van der Waals surface area contributed by atoms with Crippen LogP contribution in [0.25, 0.3) is 0 Å². The Morgan fingerprint density at radius 3 is 2.84 bits per heavy atom. The first-order chi connectivity index (χ1) is 9.02. The number of carboxylic acid groups (broad SMARTS) is 1. The molecular weight excluding hydrogens is 266 g/mol. The van der Waals surface area contributed by atoms with Crippen molar-refractivity contribution in [2.45, 2.75) is 45.7 Å². The van der Waals surface area contributed by atoms with E-state index in [0.717, 1.165) is 19.3 Å². The Morgan fingerprint density at radius 1 is 1.53 bits per heavy atom. The molecule has 3 N–H and O–H groups in total. The first-order valence-electron chi connectivity index (χ1n) is 6.25. The SMILES string of the molecule is CCCCC(C)NC(=O)NCc1nc(C(=O)O)cs1. The fourth-order valence-electron chi connectivity index (χ4n) is 1.50. The number of carboxylic acids is 1. The van der Waals surface area contributed by atoms with Crippen LogP contribution in [0.5, 0.6) is 0 Å². The molecule has 1 atom stereocenters. The Hall–Kier alpha value is -1.63. The quantitative estimate of drug-likeness (QED) is 0.716. The summed E-state index contributed by atoms with van der Waals surface area (Å²) in [5, 5.41) is 16.2. The third-order valence-corrected chi connectivity index (χ3v) is 3.39. The fraction of sp³-hybridized carbons (Fsp3) is 0.583. The molecule has 0 fully saturated rings. The van der Waals surface area contributed by atoms with E-state index in [-0.39, 0.29) is 24.3 Å². The molecule has 0 aliphatic rings. The summed E-state index contributed by atoms with van der Waals surface area (Å²) in [6.07, 6.45) is 3.13. The molecule has 0 aliphatic heterocycles. The van der Waals surface area contributed by atoms with Crippen LogP contribution in [0.2, 0.25) is 0 Å². The average Bonchev–Trinajstić information content (AvgIpc) is 2.83. The number of aromatic carboxylic acids is 1. The Morgan fingerprint density at radius 2 is 2.26 bits per heavy atom. The lowest BCUT2D eigenvalue weighted by Gasteiger charge is -2.13. The number of carbonyl (C=O) groups excluding carboxylic acids is 1. The van der Waals surface area contributed by atoms with Gasteiger partial charge in [-0.15, -0.1) is 11.3 Å². The fourth-order valence-corrected chi connectivity index (χ4v) is 2.21. The predicted octanol–water partition coefficient (Wildman–Crippen LogP) is 2.22. The summed E-state index contributed by atoms with van der Waals surface area (Å²) in [6.45, 7) is 4.31. The van der Waals surface area contributed by atoms with Crippen LogP contribution in [-0.4, -0.2) is 28.1 Å². The minimum absolute atomic E-state index is 0.0125. The number of hydrogen-bond acceptors (Lipinski definition) is 4. The van der Waals surface area contributed by atoms with E-state index < -0.39 is 5.97 Å². The van der Waals surface area contributed by atoms with E-state index in [4.69, 9.17) is 5.11 Å². The first-order valence-corrected chi connectivity index (χ1v) is 7.13. The summed E-state index contributed by atoms with van der Waals surface area (Å²) in [5.41, 5.74) is 0.0125. The van der Waals surface area contributed by atoms with Crippen LogP contribution in [0.3, 0.4) is 0 Å². The third kappa shape index (κ3) is 5.69. The van der Waals surface area contributed by atoms with E-state index in [0.29, 0.717) is 5.01 Å². The molecule has 1 rings (SSSR count). The number of rotatable bonds is 7. The molecule has 0 bridgehead atoms. The summed E-state index contributed by atoms with van der Waals surface area (Å²) in [5.74, 6) is -1.06. The second kappa shape index (κ2) is 7.73. The van der Waals surface area contributed by atoms with Gasteiger partial charge in [0, 0.05) is 11.4 Å². The molecule has 7 heteroatoms. The minimum Gasteiger partial charge on any atom is -0.476 e. The lowest BCUT2D eigenvalue weighted by molar-refractivity contribution is 0.0691. The standard InChI is InChI=1S/C12H19N3O3S/c1-3-4-5-8(2)14-12(18)13-6-10-15-9(7-19-10)11(16)17/h7-8H,3-6H2,1-2H3,(H,16,17)(H2,13,14,18). The van der Waals surface area contributed by atoms with Crippen LogP contribution < -0.4 is 10.6 Å². The van der Waals surface area contributed by atoms with Gasteiger partial charge in [0.1, 0.15) is 5.01 Å². The van der Waals surface area contributed by atoms with Crippen molar-refractivity contribution in [2.75, 3.05) is 0 Å². The number of thiazole rings is 1. The topological polar surface area (TPSA) is 91.3 Å². The zero-order valence-electron chi connectivity index (χ0n) is 11.1. The summed E-state index contributed by atoms with van der Waals surface area (Å²) in [4.78, 5) is 26.1. The maximum absolute atomic E-state index is 11.6. The summed E-state index contributed by atoms with van der Waals surface area (Å²) in [6, 6.07) is -0.124. The summed E-state index contributed by atoms with van der Waals surface area (Å²) < 4.78 is 0. The molecule has 1 heterocycles. The van der Waals surface area contributed by atoms with Gasteiger partial charge in [-0.25, -0.2) is 14.6 Å². The normalized spacial score (nSPS) is 11.9. The van der Waals surface area contributed by atoms with Crippen molar-refractivity contribution in [2.24, 2.45) is 0 Å². The molecule has 0 saturated heterocycles. The molecule has 0 aliphatic carbocycles. The number of carbonyl (C=O) groups is 2. The van der Waals surface area contributed by atoms with Crippen LogP contribution in [-0.2, 0) is 6.54 Å². The van der Waals surface area contributed by atoms with E-state index >= 15 is 0 Å². The van der Waals surface area contributed by atoms with Gasteiger partial charge < -0.3 is 15.7 Å². The van der Waals surface area contributed by atoms with Crippen molar-refractivity contribution in [3.05, 3.63) is 16.1 Å². The number of aromatic nitrogens is 1. The molecule has 1 aromatic heterocycles. The maximum Gasteiger partial charge on any atom is 0.355 e. The van der Waals surface area contributed by atoms with Crippen LogP contribution >= 0.6 is 11.3 Å². The first kappa shape index (κ1) is 15.4. The van der Waals surface area contributed by atoms with Gasteiger partial charge in [0.2, 0.25) is 0 Å². The highest BCUT2D eigenvalue weighted by Crippen LogP contribution is 2.09. The van der Waals surface area contributed by atoms with E-state index in [9.17, 15) is 9.59 Å². The Labute approximate surface area is 116 Å². The highest BCUT2D eigenvalue weighted by atomic mass is 32.1. The second-order valence-electron chi connectivity index (χ2n) is 4.30. The van der Waals surface area contributed by atoms with Gasteiger partial charge in [0.05, 0.1) is 6.54 Å². The Bertz CT molecular complexity index is 434. The average molecular weight is 285 g/mol. The van der Waals surface area contributed by atoms with Crippen LogP contribution in [0.4, 0.5) is 4.79 Å². The molecule has 0 saturated carbocycles. The van der Waals surface area contributed by atoms with E-state index in [2.05, 4.69) is 22.5 Å². The highest BCUT2D eigenvalue weighted by Gasteiger charge is 2.10. The number of hydrogen-bond donors (Lipinski definition) is 3. The Balaban J connectivity index is 2.31. The zero-order chi connectivity index (χ0) is 14.3. The zero-order valence-corrected chi connectivity index (χ0v) is 11.9. The molecular formula is C12H19N3O3S. The molecule has 0 aromatic carbocycles. The van der Waals surface area contributed by atoms with Crippen molar-refractivity contribution in [3.8, 4) is 0 Å². The van der Waals surface area contributed by atoms with Crippen molar-refractivity contribution < 1.29 is 14.7 Å². The lowest BCUT2D eigenvalue weighted by Crippen LogP contribution is -2.40. The lowest BCUT2D eigenvalue weighted by atomic mass is 10.1. The molecule has 6 nitrogen and oxygen atoms in total. The maximum atomic E-state index is 11.6. The van der Waals surface area contributed by atoms with Gasteiger partial charge in [-0.1, -0.05) is 19.8 Å². The molecule has 1 unspecified atom stereocenters. The van der Waals surface area contributed by atoms with Crippen LogP contribution in [0.15, 0.2) is 5.38 Å².